The predicted molar refractivity (Wildman–Crippen MR) is 55.9 cm³/mol. The lowest BCUT2D eigenvalue weighted by molar-refractivity contribution is 0.498. The molecule has 1 aromatic rings. The van der Waals surface area contributed by atoms with Crippen molar-refractivity contribution in [2.24, 2.45) is 5.73 Å². The molecule has 0 bridgehead atoms. The van der Waals surface area contributed by atoms with Gasteiger partial charge in [0.1, 0.15) is 0 Å². The van der Waals surface area contributed by atoms with Crippen LogP contribution in [0.2, 0.25) is 0 Å². The van der Waals surface area contributed by atoms with Gasteiger partial charge in [0.2, 0.25) is 0 Å². The van der Waals surface area contributed by atoms with Gasteiger partial charge in [-0.3, -0.25) is 0 Å². The summed E-state index contributed by atoms with van der Waals surface area (Å²) in [5, 5.41) is 0. The molecule has 0 radical (unpaired) electrons. The zero-order valence-corrected chi connectivity index (χ0v) is 9.44. The van der Waals surface area contributed by atoms with Gasteiger partial charge in [-0.25, -0.2) is 8.78 Å². The van der Waals surface area contributed by atoms with Crippen LogP contribution in [0.3, 0.4) is 0 Å². The molecule has 0 amide bonds. The van der Waals surface area contributed by atoms with E-state index in [-0.39, 0.29) is 10.5 Å². The number of rotatable bonds is 3. The molecule has 4 heteroatoms. The number of hydrogen-bond donors (Lipinski definition) is 1. The Morgan fingerprint density at radius 2 is 2.07 bits per heavy atom. The van der Waals surface area contributed by atoms with Gasteiger partial charge in [0, 0.05) is 6.04 Å². The van der Waals surface area contributed by atoms with Crippen molar-refractivity contribution in [3.05, 3.63) is 33.8 Å². The summed E-state index contributed by atoms with van der Waals surface area (Å²) in [7, 11) is 0. The molecule has 0 heterocycles. The Hall–Kier alpha value is -0.480. The van der Waals surface area contributed by atoms with E-state index in [9.17, 15) is 8.78 Å². The third-order valence-corrected chi connectivity index (χ3v) is 2.87. The highest BCUT2D eigenvalue weighted by molar-refractivity contribution is 9.10. The molecule has 0 fully saturated rings. The lowest BCUT2D eigenvalue weighted by Gasteiger charge is -2.13. The van der Waals surface area contributed by atoms with Gasteiger partial charge in [-0.15, -0.1) is 0 Å². The van der Waals surface area contributed by atoms with Crippen LogP contribution in [-0.2, 0) is 0 Å². The maximum atomic E-state index is 13.1. The first-order chi connectivity index (χ1) is 6.57. The minimum Gasteiger partial charge on any atom is -0.324 e. The summed E-state index contributed by atoms with van der Waals surface area (Å²) in [6.07, 6.45) is 1.66. The van der Waals surface area contributed by atoms with Gasteiger partial charge < -0.3 is 5.73 Å². The van der Waals surface area contributed by atoms with Gasteiger partial charge in [-0.1, -0.05) is 19.4 Å². The van der Waals surface area contributed by atoms with Crippen molar-refractivity contribution in [2.45, 2.75) is 25.8 Å². The maximum Gasteiger partial charge on any atom is 0.173 e. The van der Waals surface area contributed by atoms with Gasteiger partial charge in [-0.2, -0.15) is 0 Å². The molecule has 0 aliphatic heterocycles. The Balaban J connectivity index is 3.04. The molecule has 1 atom stereocenters. The largest absolute Gasteiger partial charge is 0.324 e. The van der Waals surface area contributed by atoms with E-state index in [1.807, 2.05) is 6.92 Å². The molecule has 1 aromatic carbocycles. The number of hydrogen-bond acceptors (Lipinski definition) is 1. The van der Waals surface area contributed by atoms with E-state index in [0.717, 1.165) is 18.9 Å². The Kier molecular flexibility index (Phi) is 4.01. The van der Waals surface area contributed by atoms with Crippen molar-refractivity contribution in [3.63, 3.8) is 0 Å². The van der Waals surface area contributed by atoms with Crippen molar-refractivity contribution < 1.29 is 8.78 Å². The Labute approximate surface area is 90.4 Å². The Morgan fingerprint density at radius 3 is 2.64 bits per heavy atom. The van der Waals surface area contributed by atoms with Crippen molar-refractivity contribution in [1.29, 1.82) is 0 Å². The lowest BCUT2D eigenvalue weighted by Crippen LogP contribution is -2.11. The van der Waals surface area contributed by atoms with Gasteiger partial charge in [0.05, 0.1) is 4.47 Å². The normalized spacial score (nSPS) is 12.9. The molecule has 78 valence electrons. The van der Waals surface area contributed by atoms with E-state index < -0.39 is 11.6 Å². The average molecular weight is 264 g/mol. The molecule has 0 saturated heterocycles. The zero-order chi connectivity index (χ0) is 10.7. The van der Waals surface area contributed by atoms with E-state index in [1.54, 1.807) is 0 Å². The Morgan fingerprint density at radius 1 is 1.43 bits per heavy atom. The molecule has 1 rings (SSSR count). The quantitative estimate of drug-likeness (QED) is 0.830. The minimum atomic E-state index is -0.867. The van der Waals surface area contributed by atoms with Crippen LogP contribution < -0.4 is 5.73 Å². The summed E-state index contributed by atoms with van der Waals surface area (Å²) in [6.45, 7) is 1.99. The fourth-order valence-corrected chi connectivity index (χ4v) is 1.91. The van der Waals surface area contributed by atoms with Crippen molar-refractivity contribution in [2.75, 3.05) is 0 Å². The van der Waals surface area contributed by atoms with Gasteiger partial charge in [-0.05, 0) is 34.0 Å². The fraction of sp³-hybridized carbons (Fsp3) is 0.400. The van der Waals surface area contributed by atoms with E-state index >= 15 is 0 Å². The predicted octanol–water partition coefficient (Wildman–Crippen LogP) is 3.53. The van der Waals surface area contributed by atoms with Crippen molar-refractivity contribution in [3.8, 4) is 0 Å². The molecular formula is C10H12BrF2N. The van der Waals surface area contributed by atoms with Crippen LogP contribution in [0, 0.1) is 11.6 Å². The summed E-state index contributed by atoms with van der Waals surface area (Å²) in [4.78, 5) is 0. The number of nitrogens with two attached hydrogens (primary N) is 1. The smallest absolute Gasteiger partial charge is 0.173 e. The highest BCUT2D eigenvalue weighted by Crippen LogP contribution is 2.28. The summed E-state index contributed by atoms with van der Waals surface area (Å²) < 4.78 is 26.0. The van der Waals surface area contributed by atoms with Crippen LogP contribution in [0.15, 0.2) is 16.6 Å². The monoisotopic (exact) mass is 263 g/mol. The molecule has 0 spiro atoms. The molecule has 0 saturated carbocycles. The standard InChI is InChI=1S/C10H12BrF2N/c1-2-3-8(14)6-4-5-7(12)10(13)9(6)11/h4-5,8H,2-3,14H2,1H3/t8-/m0/s1. The topological polar surface area (TPSA) is 26.0 Å². The van der Waals surface area contributed by atoms with E-state index in [0.29, 0.717) is 5.56 Å². The van der Waals surface area contributed by atoms with Gasteiger partial charge >= 0.3 is 0 Å². The summed E-state index contributed by atoms with van der Waals surface area (Å²) in [5.74, 6) is -1.72. The van der Waals surface area contributed by atoms with Crippen LogP contribution in [0.5, 0.6) is 0 Å². The van der Waals surface area contributed by atoms with Crippen molar-refractivity contribution in [1.82, 2.24) is 0 Å². The van der Waals surface area contributed by atoms with E-state index in [1.165, 1.54) is 6.07 Å². The lowest BCUT2D eigenvalue weighted by atomic mass is 10.0. The van der Waals surface area contributed by atoms with Crippen LogP contribution >= 0.6 is 15.9 Å². The van der Waals surface area contributed by atoms with Crippen molar-refractivity contribution >= 4 is 15.9 Å². The van der Waals surface area contributed by atoms with Gasteiger partial charge in [0.25, 0.3) is 0 Å². The first kappa shape index (κ1) is 11.6. The summed E-state index contributed by atoms with van der Waals surface area (Å²) >= 11 is 3.01. The molecule has 1 nitrogen and oxygen atoms in total. The SMILES string of the molecule is CCC[C@H](N)c1ccc(F)c(F)c1Br. The van der Waals surface area contributed by atoms with Crippen LogP contribution in [0.25, 0.3) is 0 Å². The molecule has 0 aliphatic carbocycles. The number of benzene rings is 1. The molecule has 0 aromatic heterocycles. The van der Waals surface area contributed by atoms with E-state index in [4.69, 9.17) is 5.73 Å². The number of halogens is 3. The molecule has 14 heavy (non-hydrogen) atoms. The van der Waals surface area contributed by atoms with Crippen LogP contribution in [0.4, 0.5) is 8.78 Å². The summed E-state index contributed by atoms with van der Waals surface area (Å²) in [6, 6.07) is 2.37. The second kappa shape index (κ2) is 4.84. The maximum absolute atomic E-state index is 13.1. The molecule has 0 aliphatic rings. The summed E-state index contributed by atoms with van der Waals surface area (Å²) in [5.41, 5.74) is 6.42. The average Bonchev–Trinajstić information content (AvgIpc) is 2.15. The minimum absolute atomic E-state index is 0.137. The third kappa shape index (κ3) is 2.30. The fourth-order valence-electron chi connectivity index (χ4n) is 1.29. The third-order valence-electron chi connectivity index (χ3n) is 2.06. The second-order valence-electron chi connectivity index (χ2n) is 3.16. The highest BCUT2D eigenvalue weighted by atomic mass is 79.9. The van der Waals surface area contributed by atoms with Crippen LogP contribution in [-0.4, -0.2) is 0 Å². The molecular weight excluding hydrogens is 252 g/mol. The second-order valence-corrected chi connectivity index (χ2v) is 3.95. The first-order valence-electron chi connectivity index (χ1n) is 4.46. The molecule has 2 N–H and O–H groups in total. The highest BCUT2D eigenvalue weighted by Gasteiger charge is 2.15. The molecule has 0 unspecified atom stereocenters. The Bertz CT molecular complexity index is 328. The van der Waals surface area contributed by atoms with Gasteiger partial charge in [0.15, 0.2) is 11.6 Å². The zero-order valence-electron chi connectivity index (χ0n) is 7.86. The van der Waals surface area contributed by atoms with E-state index in [2.05, 4.69) is 15.9 Å². The van der Waals surface area contributed by atoms with Crippen LogP contribution in [0.1, 0.15) is 31.4 Å². The first-order valence-corrected chi connectivity index (χ1v) is 5.26.